The Morgan fingerprint density at radius 1 is 1.06 bits per heavy atom. The van der Waals surface area contributed by atoms with E-state index in [2.05, 4.69) is 46.7 Å². The lowest BCUT2D eigenvalue weighted by atomic mass is 9.91. The summed E-state index contributed by atoms with van der Waals surface area (Å²) in [5, 5.41) is 13.2. The summed E-state index contributed by atoms with van der Waals surface area (Å²) in [6.07, 6.45) is 1.59. The molecular formula is C30H31NO4S. The smallest absolute Gasteiger partial charge is 0.307 e. The fourth-order valence-electron chi connectivity index (χ4n) is 5.06. The topological polar surface area (TPSA) is 59.0 Å². The average Bonchev–Trinajstić information content (AvgIpc) is 3.33. The number of piperidine rings is 1. The van der Waals surface area contributed by atoms with Crippen molar-refractivity contribution in [2.75, 3.05) is 19.7 Å². The summed E-state index contributed by atoms with van der Waals surface area (Å²) in [7, 11) is 0. The molecule has 2 unspecified atom stereocenters. The van der Waals surface area contributed by atoms with Crippen LogP contribution in [0.15, 0.2) is 78.2 Å². The molecule has 3 aromatic carbocycles. The van der Waals surface area contributed by atoms with Gasteiger partial charge in [0.2, 0.25) is 0 Å². The number of carboxylic acid groups (broad SMARTS) is 1. The van der Waals surface area contributed by atoms with Crippen LogP contribution in [0, 0.1) is 5.92 Å². The van der Waals surface area contributed by atoms with E-state index in [1.54, 1.807) is 11.3 Å². The van der Waals surface area contributed by atoms with Crippen LogP contribution >= 0.6 is 11.3 Å². The van der Waals surface area contributed by atoms with E-state index in [4.69, 9.17) is 9.47 Å². The maximum Gasteiger partial charge on any atom is 0.307 e. The number of hydrogen-bond acceptors (Lipinski definition) is 5. The Morgan fingerprint density at radius 2 is 1.86 bits per heavy atom. The molecule has 0 saturated carbocycles. The third-order valence-corrected chi connectivity index (χ3v) is 7.77. The number of aliphatic carboxylic acids is 1. The van der Waals surface area contributed by atoms with Gasteiger partial charge in [-0.05, 0) is 72.0 Å². The van der Waals surface area contributed by atoms with Crippen molar-refractivity contribution in [3.63, 3.8) is 0 Å². The molecule has 1 N–H and O–H groups in total. The molecule has 1 saturated heterocycles. The molecule has 1 fully saturated rings. The normalized spacial score (nSPS) is 17.1. The number of hydrogen-bond donors (Lipinski definition) is 1. The fourth-order valence-corrected chi connectivity index (χ4v) is 6.04. The Balaban J connectivity index is 1.52. The van der Waals surface area contributed by atoms with E-state index in [9.17, 15) is 9.90 Å². The third kappa shape index (κ3) is 5.25. The number of thiophene rings is 1. The molecule has 1 aliphatic heterocycles. The van der Waals surface area contributed by atoms with E-state index in [1.807, 2.05) is 43.3 Å². The van der Waals surface area contributed by atoms with Crippen molar-refractivity contribution >= 4 is 27.4 Å². The van der Waals surface area contributed by atoms with Crippen molar-refractivity contribution in [2.24, 2.45) is 5.92 Å². The first kappa shape index (κ1) is 24.3. The highest BCUT2D eigenvalue weighted by Gasteiger charge is 2.33. The van der Waals surface area contributed by atoms with Crippen molar-refractivity contribution in [3.8, 4) is 11.5 Å². The molecule has 36 heavy (non-hydrogen) atoms. The maximum atomic E-state index is 11.9. The number of nitrogens with zero attached hydrogens (tertiary/aromatic N) is 1. The Kier molecular flexibility index (Phi) is 7.54. The monoisotopic (exact) mass is 501 g/mol. The van der Waals surface area contributed by atoms with Gasteiger partial charge < -0.3 is 14.6 Å². The van der Waals surface area contributed by atoms with Crippen molar-refractivity contribution < 1.29 is 19.4 Å². The molecule has 0 spiro atoms. The van der Waals surface area contributed by atoms with Crippen LogP contribution in [0.5, 0.6) is 11.5 Å². The minimum atomic E-state index is -0.715. The van der Waals surface area contributed by atoms with E-state index < -0.39 is 5.97 Å². The van der Waals surface area contributed by atoms with Gasteiger partial charge in [0.05, 0.1) is 18.6 Å². The lowest BCUT2D eigenvalue weighted by molar-refractivity contribution is -0.143. The lowest BCUT2D eigenvalue weighted by Crippen LogP contribution is -2.41. The highest BCUT2D eigenvalue weighted by molar-refractivity contribution is 7.17. The molecule has 1 aromatic heterocycles. The SMILES string of the molecule is CCOc1cc(C(c2csc3ccccc23)N2CCCC(C(=O)O)C2)ccc1OCc1ccccc1. The van der Waals surface area contributed by atoms with Crippen LogP contribution in [0.2, 0.25) is 0 Å². The number of benzene rings is 3. The Bertz CT molecular complexity index is 1320. The Morgan fingerprint density at radius 3 is 2.67 bits per heavy atom. The zero-order chi connectivity index (χ0) is 24.9. The van der Waals surface area contributed by atoms with Crippen LogP contribution in [0.1, 0.15) is 42.5 Å². The third-order valence-electron chi connectivity index (χ3n) is 6.79. The lowest BCUT2D eigenvalue weighted by Gasteiger charge is -2.37. The number of carboxylic acids is 1. The maximum absolute atomic E-state index is 11.9. The second-order valence-corrected chi connectivity index (χ2v) is 10.1. The van der Waals surface area contributed by atoms with Gasteiger partial charge in [-0.2, -0.15) is 0 Å². The zero-order valence-corrected chi connectivity index (χ0v) is 21.2. The quantitative estimate of drug-likeness (QED) is 0.274. The summed E-state index contributed by atoms with van der Waals surface area (Å²) in [6, 6.07) is 24.6. The molecule has 0 aliphatic carbocycles. The molecule has 6 heteroatoms. The number of likely N-dealkylation sites (tertiary alicyclic amines) is 1. The minimum absolute atomic E-state index is 0.0642. The van der Waals surface area contributed by atoms with Crippen molar-refractivity contribution in [2.45, 2.75) is 32.4 Å². The minimum Gasteiger partial charge on any atom is -0.490 e. The van der Waals surface area contributed by atoms with Gasteiger partial charge in [-0.3, -0.25) is 9.69 Å². The predicted octanol–water partition coefficient (Wildman–Crippen LogP) is 6.77. The highest BCUT2D eigenvalue weighted by Crippen LogP contribution is 2.41. The number of fused-ring (bicyclic) bond motifs is 1. The van der Waals surface area contributed by atoms with Crippen molar-refractivity contribution in [1.82, 2.24) is 4.90 Å². The highest BCUT2D eigenvalue weighted by atomic mass is 32.1. The average molecular weight is 502 g/mol. The first-order valence-electron chi connectivity index (χ1n) is 12.5. The largest absolute Gasteiger partial charge is 0.490 e. The van der Waals surface area contributed by atoms with E-state index >= 15 is 0 Å². The van der Waals surface area contributed by atoms with Gasteiger partial charge in [-0.1, -0.05) is 54.6 Å². The fraction of sp³-hybridized carbons (Fsp3) is 0.300. The molecule has 0 radical (unpaired) electrons. The summed E-state index contributed by atoms with van der Waals surface area (Å²) in [5.41, 5.74) is 3.39. The van der Waals surface area contributed by atoms with Crippen molar-refractivity contribution in [1.29, 1.82) is 0 Å². The Labute approximate surface area is 215 Å². The van der Waals surface area contributed by atoms with Crippen LogP contribution in [0.3, 0.4) is 0 Å². The molecule has 186 valence electrons. The van der Waals surface area contributed by atoms with E-state index in [1.165, 1.54) is 15.6 Å². The van der Waals surface area contributed by atoms with Gasteiger partial charge in [-0.25, -0.2) is 0 Å². The van der Waals surface area contributed by atoms with Gasteiger partial charge >= 0.3 is 5.97 Å². The van der Waals surface area contributed by atoms with Gasteiger partial charge in [0, 0.05) is 11.2 Å². The summed E-state index contributed by atoms with van der Waals surface area (Å²) >= 11 is 1.73. The van der Waals surface area contributed by atoms with E-state index in [0.29, 0.717) is 31.3 Å². The predicted molar refractivity (Wildman–Crippen MR) is 144 cm³/mol. The van der Waals surface area contributed by atoms with Gasteiger partial charge in [0.15, 0.2) is 11.5 Å². The molecule has 5 rings (SSSR count). The molecule has 2 heterocycles. The second kappa shape index (κ2) is 11.1. The van der Waals surface area contributed by atoms with Crippen LogP contribution in [-0.4, -0.2) is 35.7 Å². The second-order valence-electron chi connectivity index (χ2n) is 9.18. The first-order chi connectivity index (χ1) is 17.6. The summed E-state index contributed by atoms with van der Waals surface area (Å²) in [4.78, 5) is 14.2. The molecule has 0 bridgehead atoms. The molecule has 2 atom stereocenters. The van der Waals surface area contributed by atoms with Crippen LogP contribution in [-0.2, 0) is 11.4 Å². The summed E-state index contributed by atoms with van der Waals surface area (Å²) in [6.45, 7) is 4.35. The zero-order valence-electron chi connectivity index (χ0n) is 20.4. The Hall–Kier alpha value is -3.35. The standard InChI is InChI=1S/C30H31NO4S/c1-2-34-27-17-22(14-15-26(27)35-19-21-9-4-3-5-10-21)29(31-16-8-11-23(18-31)30(32)33)25-20-36-28-13-7-6-12-24(25)28/h3-7,9-10,12-15,17,20,23,29H,2,8,11,16,18-19H2,1H3,(H,32,33). The molecule has 0 amide bonds. The summed E-state index contributed by atoms with van der Waals surface area (Å²) < 4.78 is 13.4. The number of carbonyl (C=O) groups is 1. The van der Waals surface area contributed by atoms with Gasteiger partial charge in [-0.15, -0.1) is 11.3 Å². The van der Waals surface area contributed by atoms with Crippen LogP contribution in [0.25, 0.3) is 10.1 Å². The van der Waals surface area contributed by atoms with Crippen molar-refractivity contribution in [3.05, 3.63) is 94.9 Å². The number of rotatable bonds is 9. The van der Waals surface area contributed by atoms with E-state index in [0.717, 1.165) is 30.5 Å². The first-order valence-corrected chi connectivity index (χ1v) is 13.4. The molecule has 1 aliphatic rings. The molecule has 4 aromatic rings. The van der Waals surface area contributed by atoms with Gasteiger partial charge in [0.1, 0.15) is 6.61 Å². The van der Waals surface area contributed by atoms with E-state index in [-0.39, 0.29) is 12.0 Å². The summed E-state index contributed by atoms with van der Waals surface area (Å²) in [5.74, 6) is 0.349. The number of ether oxygens (including phenoxy) is 2. The van der Waals surface area contributed by atoms with Crippen LogP contribution < -0.4 is 9.47 Å². The van der Waals surface area contributed by atoms with Gasteiger partial charge in [0.25, 0.3) is 0 Å². The molecule has 5 nitrogen and oxygen atoms in total. The van der Waals surface area contributed by atoms with Crippen LogP contribution in [0.4, 0.5) is 0 Å². The molecular weight excluding hydrogens is 470 g/mol.